The van der Waals surface area contributed by atoms with E-state index >= 15 is 0 Å². The van der Waals surface area contributed by atoms with Crippen molar-refractivity contribution in [2.24, 2.45) is 11.8 Å². The number of halogens is 1. The summed E-state index contributed by atoms with van der Waals surface area (Å²) in [5.41, 5.74) is 1.39. The van der Waals surface area contributed by atoms with E-state index in [1.54, 1.807) is 6.08 Å². The molecule has 1 aliphatic carbocycles. The Labute approximate surface area is 70.9 Å². The van der Waals surface area contributed by atoms with Crippen molar-refractivity contribution in [1.82, 2.24) is 0 Å². The Balaban J connectivity index is 2.38. The molecule has 1 N–H and O–H groups in total. The first-order chi connectivity index (χ1) is 5.25. The van der Waals surface area contributed by atoms with Crippen molar-refractivity contribution < 1.29 is 9.90 Å². The Kier molecular flexibility index (Phi) is 2.94. The number of carboxylic acid groups (broad SMARTS) is 1. The highest BCUT2D eigenvalue weighted by atomic mass is 35.5. The molecule has 0 bridgehead atoms. The van der Waals surface area contributed by atoms with Gasteiger partial charge in [0.15, 0.2) is 0 Å². The number of carboxylic acids is 1. The van der Waals surface area contributed by atoms with Gasteiger partial charge in [0.1, 0.15) is 0 Å². The third-order valence-electron chi connectivity index (χ3n) is 1.99. The lowest BCUT2D eigenvalue weighted by Crippen LogP contribution is -2.14. The first-order valence-electron chi connectivity index (χ1n) is 3.73. The smallest absolute Gasteiger partial charge is 0.307 e. The predicted octanol–water partition coefficient (Wildman–Crippen LogP) is 2.24. The van der Waals surface area contributed by atoms with Crippen LogP contribution < -0.4 is 0 Å². The lowest BCUT2D eigenvalue weighted by atomic mass is 10.0. The SMILES string of the molecule is O=C(O)C(C/C=C/Cl)C1CC1. The van der Waals surface area contributed by atoms with Crippen molar-refractivity contribution in [3.63, 3.8) is 0 Å². The third-order valence-corrected chi connectivity index (χ3v) is 2.17. The molecular weight excluding hydrogens is 164 g/mol. The minimum Gasteiger partial charge on any atom is -0.481 e. The van der Waals surface area contributed by atoms with Crippen molar-refractivity contribution in [2.75, 3.05) is 0 Å². The maximum Gasteiger partial charge on any atom is 0.307 e. The predicted molar refractivity (Wildman–Crippen MR) is 43.5 cm³/mol. The standard InChI is InChI=1S/C8H11ClO2/c9-5-1-2-7(8(10)11)6-3-4-6/h1,5-7H,2-4H2,(H,10,11)/b5-1+. The number of hydrogen-bond acceptors (Lipinski definition) is 1. The molecule has 3 heteroatoms. The van der Waals surface area contributed by atoms with Crippen LogP contribution in [0, 0.1) is 11.8 Å². The Morgan fingerprint density at radius 3 is 2.73 bits per heavy atom. The van der Waals surface area contributed by atoms with Crippen LogP contribution in [0.15, 0.2) is 11.6 Å². The highest BCUT2D eigenvalue weighted by molar-refractivity contribution is 6.25. The van der Waals surface area contributed by atoms with Gasteiger partial charge in [0.25, 0.3) is 0 Å². The van der Waals surface area contributed by atoms with Gasteiger partial charge in [-0.1, -0.05) is 17.7 Å². The highest BCUT2D eigenvalue weighted by Crippen LogP contribution is 2.38. The molecule has 1 fully saturated rings. The van der Waals surface area contributed by atoms with E-state index in [1.807, 2.05) is 0 Å². The van der Waals surface area contributed by atoms with E-state index in [0.29, 0.717) is 12.3 Å². The molecule has 62 valence electrons. The molecule has 1 atom stereocenters. The number of allylic oxidation sites excluding steroid dienone is 1. The minimum absolute atomic E-state index is 0.204. The topological polar surface area (TPSA) is 37.3 Å². The van der Waals surface area contributed by atoms with Gasteiger partial charge in [-0.15, -0.1) is 0 Å². The van der Waals surface area contributed by atoms with E-state index in [4.69, 9.17) is 16.7 Å². The van der Waals surface area contributed by atoms with Crippen LogP contribution in [0.5, 0.6) is 0 Å². The Morgan fingerprint density at radius 1 is 1.73 bits per heavy atom. The fourth-order valence-corrected chi connectivity index (χ4v) is 1.29. The van der Waals surface area contributed by atoms with Gasteiger partial charge in [0, 0.05) is 5.54 Å². The zero-order valence-corrected chi connectivity index (χ0v) is 6.92. The molecule has 0 aromatic rings. The van der Waals surface area contributed by atoms with Crippen LogP contribution in [0.1, 0.15) is 19.3 Å². The Morgan fingerprint density at radius 2 is 2.36 bits per heavy atom. The summed E-state index contributed by atoms with van der Waals surface area (Å²) in [6, 6.07) is 0. The van der Waals surface area contributed by atoms with Gasteiger partial charge < -0.3 is 5.11 Å². The van der Waals surface area contributed by atoms with Gasteiger partial charge in [-0.2, -0.15) is 0 Å². The Hall–Kier alpha value is -0.500. The van der Waals surface area contributed by atoms with Crippen LogP contribution in [0.4, 0.5) is 0 Å². The van der Waals surface area contributed by atoms with Crippen molar-refractivity contribution in [1.29, 1.82) is 0 Å². The summed E-state index contributed by atoms with van der Waals surface area (Å²) < 4.78 is 0. The maximum atomic E-state index is 10.6. The van der Waals surface area contributed by atoms with Crippen molar-refractivity contribution in [3.8, 4) is 0 Å². The van der Waals surface area contributed by atoms with Crippen LogP contribution in [0.2, 0.25) is 0 Å². The summed E-state index contributed by atoms with van der Waals surface area (Å²) in [5.74, 6) is -0.493. The lowest BCUT2D eigenvalue weighted by Gasteiger charge is -2.06. The van der Waals surface area contributed by atoms with E-state index in [0.717, 1.165) is 12.8 Å². The molecular formula is C8H11ClO2. The number of aliphatic carboxylic acids is 1. The molecule has 0 saturated heterocycles. The third kappa shape index (κ3) is 2.54. The second-order valence-corrected chi connectivity index (χ2v) is 3.13. The van der Waals surface area contributed by atoms with E-state index in [9.17, 15) is 4.79 Å². The fraction of sp³-hybridized carbons (Fsp3) is 0.625. The van der Waals surface area contributed by atoms with Gasteiger partial charge in [-0.05, 0) is 25.2 Å². The monoisotopic (exact) mass is 174 g/mol. The van der Waals surface area contributed by atoms with Gasteiger partial charge >= 0.3 is 5.97 Å². The van der Waals surface area contributed by atoms with E-state index in [2.05, 4.69) is 0 Å². The second kappa shape index (κ2) is 3.77. The molecule has 0 aromatic heterocycles. The molecule has 0 spiro atoms. The zero-order valence-electron chi connectivity index (χ0n) is 6.16. The lowest BCUT2D eigenvalue weighted by molar-refractivity contribution is -0.142. The van der Waals surface area contributed by atoms with Crippen molar-refractivity contribution in [2.45, 2.75) is 19.3 Å². The van der Waals surface area contributed by atoms with Crippen molar-refractivity contribution in [3.05, 3.63) is 11.6 Å². The van der Waals surface area contributed by atoms with Crippen LogP contribution >= 0.6 is 11.6 Å². The molecule has 0 aliphatic heterocycles. The first-order valence-corrected chi connectivity index (χ1v) is 4.17. The van der Waals surface area contributed by atoms with E-state index in [-0.39, 0.29) is 5.92 Å². The average Bonchev–Trinajstić information content (AvgIpc) is 2.71. The minimum atomic E-state index is -0.692. The second-order valence-electron chi connectivity index (χ2n) is 2.88. The number of hydrogen-bond donors (Lipinski definition) is 1. The molecule has 1 saturated carbocycles. The van der Waals surface area contributed by atoms with E-state index < -0.39 is 5.97 Å². The summed E-state index contributed by atoms with van der Waals surface area (Å²) in [6.45, 7) is 0. The first kappa shape index (κ1) is 8.60. The summed E-state index contributed by atoms with van der Waals surface area (Å²) in [5, 5.41) is 8.73. The number of carbonyl (C=O) groups is 1. The summed E-state index contributed by atoms with van der Waals surface area (Å²) >= 11 is 5.30. The molecule has 0 amide bonds. The van der Waals surface area contributed by atoms with Crippen molar-refractivity contribution >= 4 is 17.6 Å². The Bertz CT molecular complexity index is 173. The van der Waals surface area contributed by atoms with Crippen LogP contribution in [0.3, 0.4) is 0 Å². The molecule has 1 rings (SSSR count). The van der Waals surface area contributed by atoms with Gasteiger partial charge in [0.05, 0.1) is 5.92 Å². The average molecular weight is 175 g/mol. The molecule has 11 heavy (non-hydrogen) atoms. The summed E-state index contributed by atoms with van der Waals surface area (Å²) in [4.78, 5) is 10.6. The molecule has 0 heterocycles. The largest absolute Gasteiger partial charge is 0.481 e. The highest BCUT2D eigenvalue weighted by Gasteiger charge is 2.34. The van der Waals surface area contributed by atoms with Crippen LogP contribution in [-0.4, -0.2) is 11.1 Å². The van der Waals surface area contributed by atoms with Gasteiger partial charge in [0.2, 0.25) is 0 Å². The van der Waals surface area contributed by atoms with Gasteiger partial charge in [-0.3, -0.25) is 4.79 Å². The molecule has 2 nitrogen and oxygen atoms in total. The molecule has 0 radical (unpaired) electrons. The fourth-order valence-electron chi connectivity index (χ4n) is 1.19. The van der Waals surface area contributed by atoms with E-state index in [1.165, 1.54) is 5.54 Å². The molecule has 0 aromatic carbocycles. The quantitative estimate of drug-likeness (QED) is 0.710. The molecule has 1 unspecified atom stereocenters. The zero-order chi connectivity index (χ0) is 8.27. The van der Waals surface area contributed by atoms with Crippen LogP contribution in [0.25, 0.3) is 0 Å². The van der Waals surface area contributed by atoms with Gasteiger partial charge in [-0.25, -0.2) is 0 Å². The molecule has 1 aliphatic rings. The normalized spacial score (nSPS) is 20.5. The summed E-state index contributed by atoms with van der Waals surface area (Å²) in [6.07, 6.45) is 4.41. The van der Waals surface area contributed by atoms with Crippen LogP contribution in [-0.2, 0) is 4.79 Å². The number of rotatable bonds is 4. The maximum absolute atomic E-state index is 10.6. The summed E-state index contributed by atoms with van der Waals surface area (Å²) in [7, 11) is 0.